The Balaban J connectivity index is 0.00000200. The molecule has 1 aliphatic heterocycles. The van der Waals surface area contributed by atoms with Crippen molar-refractivity contribution >= 4 is 24.8 Å². The third-order valence-corrected chi connectivity index (χ3v) is 3.72. The van der Waals surface area contributed by atoms with E-state index in [1.807, 2.05) is 19.1 Å². The molecule has 0 aliphatic carbocycles. The van der Waals surface area contributed by atoms with Crippen molar-refractivity contribution in [2.75, 3.05) is 40.0 Å². The first kappa shape index (κ1) is 20.5. The largest absolute Gasteiger partial charge is 0.497 e. The molecular formula is C15H26Cl2N2O2. The summed E-state index contributed by atoms with van der Waals surface area (Å²) < 4.78 is 10.7. The van der Waals surface area contributed by atoms with E-state index in [1.54, 1.807) is 7.11 Å². The highest BCUT2D eigenvalue weighted by Gasteiger charge is 2.31. The third kappa shape index (κ3) is 5.64. The van der Waals surface area contributed by atoms with Crippen LogP contribution in [-0.4, -0.2) is 50.9 Å². The number of halogens is 2. The number of hydrogen-bond donors (Lipinski definition) is 1. The quantitative estimate of drug-likeness (QED) is 0.810. The molecule has 2 atom stereocenters. The van der Waals surface area contributed by atoms with Gasteiger partial charge in [-0.15, -0.1) is 24.8 Å². The highest BCUT2D eigenvalue weighted by molar-refractivity contribution is 5.85. The number of rotatable bonds is 6. The number of methoxy groups -OCH3 is 1. The van der Waals surface area contributed by atoms with Crippen LogP contribution in [-0.2, 0) is 4.74 Å². The molecule has 21 heavy (non-hydrogen) atoms. The number of hydrogen-bond acceptors (Lipinski definition) is 4. The first-order valence-electron chi connectivity index (χ1n) is 6.94. The number of likely N-dealkylation sites (tertiary alicyclic amines) is 1. The zero-order valence-corrected chi connectivity index (χ0v) is 14.3. The van der Waals surface area contributed by atoms with Crippen molar-refractivity contribution < 1.29 is 9.47 Å². The Bertz CT molecular complexity index is 407. The topological polar surface area (TPSA) is 47.7 Å². The lowest BCUT2D eigenvalue weighted by atomic mass is 9.95. The highest BCUT2D eigenvalue weighted by atomic mass is 35.5. The molecule has 0 amide bonds. The lowest BCUT2D eigenvalue weighted by molar-refractivity contribution is 0.121. The summed E-state index contributed by atoms with van der Waals surface area (Å²) >= 11 is 0. The maximum absolute atomic E-state index is 6.27. The van der Waals surface area contributed by atoms with E-state index in [0.29, 0.717) is 5.92 Å². The zero-order chi connectivity index (χ0) is 13.7. The maximum Gasteiger partial charge on any atom is 0.119 e. The van der Waals surface area contributed by atoms with Crippen molar-refractivity contribution in [3.63, 3.8) is 0 Å². The molecule has 0 unspecified atom stereocenters. The van der Waals surface area contributed by atoms with Crippen molar-refractivity contribution in [1.29, 1.82) is 0 Å². The Morgan fingerprint density at radius 3 is 2.71 bits per heavy atom. The van der Waals surface area contributed by atoms with Crippen LogP contribution in [0.1, 0.15) is 18.4 Å². The molecule has 1 aromatic rings. The summed E-state index contributed by atoms with van der Waals surface area (Å²) in [6.45, 7) is 6.49. The molecule has 0 spiro atoms. The maximum atomic E-state index is 6.27. The zero-order valence-electron chi connectivity index (χ0n) is 12.7. The first-order chi connectivity index (χ1) is 9.24. The minimum absolute atomic E-state index is 0. The second-order valence-corrected chi connectivity index (χ2v) is 5.00. The molecule has 2 N–H and O–H groups in total. The molecule has 0 aromatic heterocycles. The molecule has 1 saturated heterocycles. The summed E-state index contributed by atoms with van der Waals surface area (Å²) in [5.41, 5.74) is 7.54. The van der Waals surface area contributed by atoms with Gasteiger partial charge in [0.05, 0.1) is 13.7 Å². The summed E-state index contributed by atoms with van der Waals surface area (Å²) in [5.74, 6) is 1.29. The molecule has 1 aromatic carbocycles. The van der Waals surface area contributed by atoms with Gasteiger partial charge in [0.25, 0.3) is 0 Å². The molecule has 122 valence electrons. The summed E-state index contributed by atoms with van der Waals surface area (Å²) in [6.07, 6.45) is 0. The van der Waals surface area contributed by atoms with E-state index in [2.05, 4.69) is 17.0 Å². The van der Waals surface area contributed by atoms with E-state index in [1.165, 1.54) is 5.56 Å². The summed E-state index contributed by atoms with van der Waals surface area (Å²) in [7, 11) is 1.70. The first-order valence-corrected chi connectivity index (χ1v) is 6.94. The van der Waals surface area contributed by atoms with Gasteiger partial charge in [0.2, 0.25) is 0 Å². The van der Waals surface area contributed by atoms with Crippen LogP contribution >= 0.6 is 24.8 Å². The molecule has 1 heterocycles. The Morgan fingerprint density at radius 2 is 2.05 bits per heavy atom. The van der Waals surface area contributed by atoms with Crippen molar-refractivity contribution in [2.45, 2.75) is 18.9 Å². The van der Waals surface area contributed by atoms with E-state index >= 15 is 0 Å². The van der Waals surface area contributed by atoms with Crippen molar-refractivity contribution in [2.24, 2.45) is 5.73 Å². The molecule has 2 rings (SSSR count). The van der Waals surface area contributed by atoms with Gasteiger partial charge >= 0.3 is 0 Å². The number of nitrogens with zero attached hydrogens (tertiary/aromatic N) is 1. The van der Waals surface area contributed by atoms with Gasteiger partial charge in [0.1, 0.15) is 5.75 Å². The fourth-order valence-electron chi connectivity index (χ4n) is 2.66. The molecule has 6 heteroatoms. The second-order valence-electron chi connectivity index (χ2n) is 5.00. The van der Waals surface area contributed by atoms with Crippen molar-refractivity contribution in [3.05, 3.63) is 29.8 Å². The Hall–Kier alpha value is -0.520. The van der Waals surface area contributed by atoms with Crippen LogP contribution in [0.25, 0.3) is 0 Å². The molecule has 1 aliphatic rings. The fraction of sp³-hybridized carbons (Fsp3) is 0.600. The van der Waals surface area contributed by atoms with E-state index in [9.17, 15) is 0 Å². The van der Waals surface area contributed by atoms with Crippen molar-refractivity contribution in [1.82, 2.24) is 4.90 Å². The van der Waals surface area contributed by atoms with Gasteiger partial charge in [-0.1, -0.05) is 12.1 Å². The van der Waals surface area contributed by atoms with E-state index in [-0.39, 0.29) is 30.9 Å². The van der Waals surface area contributed by atoms with Crippen molar-refractivity contribution in [3.8, 4) is 5.75 Å². The van der Waals surface area contributed by atoms with Gasteiger partial charge in [-0.05, 0) is 24.6 Å². The third-order valence-electron chi connectivity index (χ3n) is 3.72. The Morgan fingerprint density at radius 1 is 1.29 bits per heavy atom. The Kier molecular flexibility index (Phi) is 9.99. The molecular weight excluding hydrogens is 311 g/mol. The molecule has 0 saturated carbocycles. The van der Waals surface area contributed by atoms with Gasteiger partial charge in [-0.2, -0.15) is 0 Å². The average Bonchev–Trinajstić information content (AvgIpc) is 2.80. The Labute approximate surface area is 139 Å². The standard InChI is InChI=1S/C15H24N2O2.2ClH/c1-3-19-8-7-17-10-14(15(16)11-17)12-5-4-6-13(9-12)18-2;;/h4-6,9,14-15H,3,7-8,10-11,16H2,1-2H3;2*1H/t14-,15+;;/m1../s1. The molecule has 0 bridgehead atoms. The smallest absolute Gasteiger partial charge is 0.119 e. The van der Waals surface area contributed by atoms with E-state index < -0.39 is 0 Å². The summed E-state index contributed by atoms with van der Waals surface area (Å²) in [4.78, 5) is 2.38. The molecule has 4 nitrogen and oxygen atoms in total. The van der Waals surface area contributed by atoms with Gasteiger partial charge < -0.3 is 15.2 Å². The van der Waals surface area contributed by atoms with Gasteiger partial charge in [0.15, 0.2) is 0 Å². The van der Waals surface area contributed by atoms with Crippen LogP contribution in [0.2, 0.25) is 0 Å². The van der Waals surface area contributed by atoms with Crippen LogP contribution in [0.15, 0.2) is 24.3 Å². The second kappa shape index (κ2) is 10.2. The monoisotopic (exact) mass is 336 g/mol. The van der Waals surface area contributed by atoms with Gasteiger partial charge in [0, 0.05) is 38.2 Å². The lowest BCUT2D eigenvalue weighted by Crippen LogP contribution is -2.30. The number of nitrogens with two attached hydrogens (primary N) is 1. The lowest BCUT2D eigenvalue weighted by Gasteiger charge is -2.16. The normalized spacial score (nSPS) is 21.5. The van der Waals surface area contributed by atoms with Gasteiger partial charge in [-0.25, -0.2) is 0 Å². The van der Waals surface area contributed by atoms with Crippen LogP contribution in [0.3, 0.4) is 0 Å². The van der Waals surface area contributed by atoms with E-state index in [0.717, 1.165) is 38.6 Å². The molecule has 0 radical (unpaired) electrons. The number of ether oxygens (including phenoxy) is 2. The predicted molar refractivity (Wildman–Crippen MR) is 91.1 cm³/mol. The summed E-state index contributed by atoms with van der Waals surface area (Å²) in [6, 6.07) is 8.42. The number of benzene rings is 1. The van der Waals surface area contributed by atoms with Gasteiger partial charge in [-0.3, -0.25) is 4.90 Å². The van der Waals surface area contributed by atoms with Crippen LogP contribution < -0.4 is 10.5 Å². The van der Waals surface area contributed by atoms with Crippen LogP contribution in [0.5, 0.6) is 5.75 Å². The fourth-order valence-corrected chi connectivity index (χ4v) is 2.66. The highest BCUT2D eigenvalue weighted by Crippen LogP contribution is 2.28. The van der Waals surface area contributed by atoms with Crippen LogP contribution in [0.4, 0.5) is 0 Å². The summed E-state index contributed by atoms with van der Waals surface area (Å²) in [5, 5.41) is 0. The predicted octanol–water partition coefficient (Wildman–Crippen LogP) is 2.30. The molecule has 1 fully saturated rings. The minimum atomic E-state index is 0. The van der Waals surface area contributed by atoms with Crippen LogP contribution in [0, 0.1) is 0 Å². The SMILES string of the molecule is CCOCCN1C[C@H](c2cccc(OC)c2)[C@@H](N)C1.Cl.Cl. The van der Waals surface area contributed by atoms with E-state index in [4.69, 9.17) is 15.2 Å². The minimum Gasteiger partial charge on any atom is -0.497 e. The average molecular weight is 337 g/mol.